The Morgan fingerprint density at radius 1 is 1.18 bits per heavy atom. The topological polar surface area (TPSA) is 24.9 Å². The van der Waals surface area contributed by atoms with Gasteiger partial charge in [0.05, 0.1) is 10.7 Å². The fourth-order valence-corrected chi connectivity index (χ4v) is 3.26. The number of hydrogen-bond donors (Lipinski definition) is 1. The van der Waals surface area contributed by atoms with Gasteiger partial charge in [0.25, 0.3) is 0 Å². The van der Waals surface area contributed by atoms with E-state index in [2.05, 4.69) is 38.0 Å². The van der Waals surface area contributed by atoms with Crippen LogP contribution in [0.15, 0.2) is 0 Å². The summed E-state index contributed by atoms with van der Waals surface area (Å²) in [7, 11) is 0. The lowest BCUT2D eigenvalue weighted by Gasteiger charge is -2.16. The Morgan fingerprint density at radius 3 is 2.47 bits per heavy atom. The molecule has 0 amide bonds. The van der Waals surface area contributed by atoms with Gasteiger partial charge in [-0.05, 0) is 26.8 Å². The number of hydrogen-bond acceptors (Lipinski definition) is 3. The molecule has 1 aromatic rings. The highest BCUT2D eigenvalue weighted by atomic mass is 32.1. The van der Waals surface area contributed by atoms with Crippen molar-refractivity contribution >= 4 is 11.3 Å². The summed E-state index contributed by atoms with van der Waals surface area (Å²) >= 11 is 1.85. The molecule has 2 nitrogen and oxygen atoms in total. The maximum atomic E-state index is 4.54. The molecular weight excluding hydrogens is 228 g/mol. The Hall–Kier alpha value is -0.410. The molecule has 0 saturated heterocycles. The standard InChI is InChI=1S/C14H26N2S/c1-5-7-8-9-10-13(15-6-2)14-11(3)16-12(4)17-14/h13,15H,5-10H2,1-4H3. The van der Waals surface area contributed by atoms with E-state index in [9.17, 15) is 0 Å². The number of unbranched alkanes of at least 4 members (excludes halogenated alkanes) is 3. The summed E-state index contributed by atoms with van der Waals surface area (Å²) in [4.78, 5) is 5.98. The Bertz CT molecular complexity index is 320. The van der Waals surface area contributed by atoms with Gasteiger partial charge in [0.2, 0.25) is 0 Å². The zero-order valence-corrected chi connectivity index (χ0v) is 12.5. The van der Waals surface area contributed by atoms with Gasteiger partial charge in [-0.15, -0.1) is 11.3 Å². The highest BCUT2D eigenvalue weighted by Gasteiger charge is 2.15. The number of nitrogens with zero attached hydrogens (tertiary/aromatic N) is 1. The average Bonchev–Trinajstić information content (AvgIpc) is 2.62. The zero-order chi connectivity index (χ0) is 12.7. The average molecular weight is 254 g/mol. The lowest BCUT2D eigenvalue weighted by atomic mass is 10.1. The van der Waals surface area contributed by atoms with Crippen LogP contribution in [0.3, 0.4) is 0 Å². The van der Waals surface area contributed by atoms with Gasteiger partial charge in [-0.25, -0.2) is 4.98 Å². The molecule has 17 heavy (non-hydrogen) atoms. The third kappa shape index (κ3) is 4.76. The highest BCUT2D eigenvalue weighted by Crippen LogP contribution is 2.28. The van der Waals surface area contributed by atoms with Crippen LogP contribution in [0.5, 0.6) is 0 Å². The van der Waals surface area contributed by atoms with E-state index in [0.717, 1.165) is 6.54 Å². The van der Waals surface area contributed by atoms with Crippen LogP contribution in [-0.4, -0.2) is 11.5 Å². The van der Waals surface area contributed by atoms with E-state index in [0.29, 0.717) is 6.04 Å². The summed E-state index contributed by atoms with van der Waals surface area (Å²) in [6.45, 7) is 9.71. The normalized spacial score (nSPS) is 12.9. The predicted molar refractivity (Wildman–Crippen MR) is 76.8 cm³/mol. The van der Waals surface area contributed by atoms with Gasteiger partial charge in [0.15, 0.2) is 0 Å². The number of rotatable bonds is 8. The van der Waals surface area contributed by atoms with E-state index in [-0.39, 0.29) is 0 Å². The molecule has 0 bridgehead atoms. The Kier molecular flexibility index (Phi) is 6.75. The summed E-state index contributed by atoms with van der Waals surface area (Å²) < 4.78 is 0. The van der Waals surface area contributed by atoms with Crippen molar-refractivity contribution in [1.29, 1.82) is 0 Å². The summed E-state index contributed by atoms with van der Waals surface area (Å²) in [6.07, 6.45) is 6.59. The Morgan fingerprint density at radius 2 is 1.94 bits per heavy atom. The minimum absolute atomic E-state index is 0.517. The largest absolute Gasteiger partial charge is 0.309 e. The molecule has 1 aromatic heterocycles. The van der Waals surface area contributed by atoms with Crippen LogP contribution < -0.4 is 5.32 Å². The van der Waals surface area contributed by atoms with Crippen molar-refractivity contribution in [2.24, 2.45) is 0 Å². The molecule has 0 aliphatic heterocycles. The van der Waals surface area contributed by atoms with Crippen LogP contribution in [0, 0.1) is 13.8 Å². The monoisotopic (exact) mass is 254 g/mol. The first-order valence-electron chi connectivity index (χ1n) is 6.86. The van der Waals surface area contributed by atoms with Crippen LogP contribution in [-0.2, 0) is 0 Å². The summed E-state index contributed by atoms with van der Waals surface area (Å²) in [5.41, 5.74) is 1.22. The molecular formula is C14H26N2S. The van der Waals surface area contributed by atoms with Gasteiger partial charge in [-0.3, -0.25) is 0 Å². The van der Waals surface area contributed by atoms with E-state index in [1.165, 1.54) is 47.7 Å². The van der Waals surface area contributed by atoms with Crippen LogP contribution in [0.1, 0.15) is 67.6 Å². The van der Waals surface area contributed by atoms with Gasteiger partial charge in [-0.1, -0.05) is 39.5 Å². The molecule has 98 valence electrons. The van der Waals surface area contributed by atoms with Crippen LogP contribution >= 0.6 is 11.3 Å². The van der Waals surface area contributed by atoms with E-state index < -0.39 is 0 Å². The Balaban J connectivity index is 2.55. The molecule has 1 N–H and O–H groups in total. The number of nitrogens with one attached hydrogen (secondary N) is 1. The maximum absolute atomic E-state index is 4.54. The molecule has 0 fully saturated rings. The van der Waals surface area contributed by atoms with E-state index in [4.69, 9.17) is 0 Å². The molecule has 1 heterocycles. The first-order chi connectivity index (χ1) is 8.19. The quantitative estimate of drug-likeness (QED) is 0.696. The minimum atomic E-state index is 0.517. The van der Waals surface area contributed by atoms with Crippen LogP contribution in [0.25, 0.3) is 0 Å². The van der Waals surface area contributed by atoms with Gasteiger partial charge in [0, 0.05) is 10.9 Å². The zero-order valence-electron chi connectivity index (χ0n) is 11.7. The summed E-state index contributed by atoms with van der Waals surface area (Å²) in [5.74, 6) is 0. The minimum Gasteiger partial charge on any atom is -0.309 e. The number of thiazole rings is 1. The third-order valence-corrected chi connectivity index (χ3v) is 4.24. The molecule has 0 saturated carbocycles. The molecule has 0 aliphatic rings. The molecule has 1 rings (SSSR count). The first-order valence-corrected chi connectivity index (χ1v) is 7.68. The predicted octanol–water partition coefficient (Wildman–Crippen LogP) is 4.38. The number of aryl methyl sites for hydroxylation is 2. The molecule has 0 spiro atoms. The molecule has 3 heteroatoms. The molecule has 1 atom stereocenters. The second-order valence-corrected chi connectivity index (χ2v) is 5.88. The second-order valence-electron chi connectivity index (χ2n) is 4.64. The van der Waals surface area contributed by atoms with Crippen molar-refractivity contribution in [1.82, 2.24) is 10.3 Å². The van der Waals surface area contributed by atoms with Crippen LogP contribution in [0.4, 0.5) is 0 Å². The van der Waals surface area contributed by atoms with Gasteiger partial charge in [0.1, 0.15) is 0 Å². The van der Waals surface area contributed by atoms with E-state index in [1.54, 1.807) is 0 Å². The maximum Gasteiger partial charge on any atom is 0.0900 e. The highest BCUT2D eigenvalue weighted by molar-refractivity contribution is 7.11. The SMILES string of the molecule is CCCCCCC(NCC)c1sc(C)nc1C. The summed E-state index contributed by atoms with van der Waals surface area (Å²) in [6, 6.07) is 0.517. The second kappa shape index (κ2) is 7.83. The van der Waals surface area contributed by atoms with Crippen molar-refractivity contribution in [3.63, 3.8) is 0 Å². The smallest absolute Gasteiger partial charge is 0.0900 e. The lowest BCUT2D eigenvalue weighted by Crippen LogP contribution is -2.20. The van der Waals surface area contributed by atoms with Crippen LogP contribution in [0.2, 0.25) is 0 Å². The molecule has 0 radical (unpaired) electrons. The fourth-order valence-electron chi connectivity index (χ4n) is 2.22. The summed E-state index contributed by atoms with van der Waals surface area (Å²) in [5, 5.41) is 4.79. The van der Waals surface area contributed by atoms with Gasteiger partial charge >= 0.3 is 0 Å². The third-order valence-electron chi connectivity index (χ3n) is 3.05. The first kappa shape index (κ1) is 14.7. The molecule has 0 aromatic carbocycles. The van der Waals surface area contributed by atoms with Crippen molar-refractivity contribution in [2.45, 2.75) is 65.8 Å². The van der Waals surface area contributed by atoms with Gasteiger partial charge < -0.3 is 5.32 Å². The van der Waals surface area contributed by atoms with Crippen molar-refractivity contribution < 1.29 is 0 Å². The van der Waals surface area contributed by atoms with E-state index >= 15 is 0 Å². The van der Waals surface area contributed by atoms with E-state index in [1.807, 2.05) is 11.3 Å². The van der Waals surface area contributed by atoms with Crippen molar-refractivity contribution in [2.75, 3.05) is 6.54 Å². The van der Waals surface area contributed by atoms with Crippen molar-refractivity contribution in [3.05, 3.63) is 15.6 Å². The Labute approximate surface area is 110 Å². The molecule has 0 aliphatic carbocycles. The fraction of sp³-hybridized carbons (Fsp3) is 0.786. The molecule has 1 unspecified atom stereocenters. The van der Waals surface area contributed by atoms with Crippen molar-refractivity contribution in [3.8, 4) is 0 Å². The van der Waals surface area contributed by atoms with Gasteiger partial charge in [-0.2, -0.15) is 0 Å². The number of aromatic nitrogens is 1. The lowest BCUT2D eigenvalue weighted by molar-refractivity contribution is 0.485.